The lowest BCUT2D eigenvalue weighted by atomic mass is 10.1. The zero-order valence-electron chi connectivity index (χ0n) is 10.7. The molecule has 0 aliphatic carbocycles. The van der Waals surface area contributed by atoms with Gasteiger partial charge in [-0.3, -0.25) is 0 Å². The van der Waals surface area contributed by atoms with Crippen LogP contribution in [0, 0.1) is 11.5 Å². The molecule has 0 aromatic heterocycles. The highest BCUT2D eigenvalue weighted by molar-refractivity contribution is 6.83. The Bertz CT molecular complexity index is 579. The Kier molecular flexibility index (Phi) is 3.35. The summed E-state index contributed by atoms with van der Waals surface area (Å²) < 4.78 is 0. The Labute approximate surface area is 105 Å². The van der Waals surface area contributed by atoms with Crippen LogP contribution in [-0.2, 0) is 6.42 Å². The van der Waals surface area contributed by atoms with E-state index in [4.69, 9.17) is 0 Å². The summed E-state index contributed by atoms with van der Waals surface area (Å²) in [4.78, 5) is 0. The third-order valence-electron chi connectivity index (χ3n) is 2.57. The van der Waals surface area contributed by atoms with E-state index in [2.05, 4.69) is 73.6 Å². The van der Waals surface area contributed by atoms with Crippen LogP contribution < -0.4 is 0 Å². The van der Waals surface area contributed by atoms with Crippen LogP contribution >= 0.6 is 0 Å². The van der Waals surface area contributed by atoms with E-state index in [-0.39, 0.29) is 0 Å². The number of benzene rings is 2. The van der Waals surface area contributed by atoms with Crippen LogP contribution in [0.2, 0.25) is 19.6 Å². The molecule has 0 aliphatic rings. The van der Waals surface area contributed by atoms with Crippen molar-refractivity contribution < 1.29 is 0 Å². The zero-order valence-corrected chi connectivity index (χ0v) is 11.7. The number of hydrogen-bond acceptors (Lipinski definition) is 0. The fourth-order valence-corrected chi connectivity index (χ4v) is 2.38. The van der Waals surface area contributed by atoms with Crippen LogP contribution in [0.4, 0.5) is 0 Å². The van der Waals surface area contributed by atoms with Crippen molar-refractivity contribution in [1.82, 2.24) is 0 Å². The van der Waals surface area contributed by atoms with E-state index in [9.17, 15) is 0 Å². The minimum atomic E-state index is -1.23. The maximum atomic E-state index is 3.41. The van der Waals surface area contributed by atoms with Crippen LogP contribution in [0.3, 0.4) is 0 Å². The lowest BCUT2D eigenvalue weighted by Crippen LogP contribution is -2.16. The van der Waals surface area contributed by atoms with E-state index in [0.29, 0.717) is 0 Å². The molecular weight excluding hydrogens is 220 g/mol. The standard InChI is InChI=1S/C16H18Si/c1-17(2,3)12-6-7-14-10-11-15-8-4-5-9-16(15)13-14/h4-5,8-11,13H,7H2,1-3H3. The van der Waals surface area contributed by atoms with Crippen molar-refractivity contribution in [2.75, 3.05) is 0 Å². The Balaban J connectivity index is 2.22. The molecule has 0 bridgehead atoms. The smallest absolute Gasteiger partial charge is 0.129 e. The first kappa shape index (κ1) is 11.9. The van der Waals surface area contributed by atoms with Gasteiger partial charge in [0.2, 0.25) is 0 Å². The Morgan fingerprint density at radius 3 is 2.35 bits per heavy atom. The third kappa shape index (κ3) is 3.47. The molecule has 0 unspecified atom stereocenters. The van der Waals surface area contributed by atoms with Crippen LogP contribution in [0.25, 0.3) is 10.8 Å². The van der Waals surface area contributed by atoms with Gasteiger partial charge in [-0.15, -0.1) is 11.5 Å². The van der Waals surface area contributed by atoms with Crippen molar-refractivity contribution >= 4 is 18.8 Å². The number of hydrogen-bond donors (Lipinski definition) is 0. The highest BCUT2D eigenvalue weighted by atomic mass is 28.3. The van der Waals surface area contributed by atoms with Crippen LogP contribution in [-0.4, -0.2) is 8.07 Å². The molecule has 0 aliphatic heterocycles. The number of fused-ring (bicyclic) bond motifs is 1. The second-order valence-electron chi connectivity index (χ2n) is 5.41. The molecule has 2 aromatic rings. The lowest BCUT2D eigenvalue weighted by molar-refractivity contribution is 1.33. The van der Waals surface area contributed by atoms with E-state index in [0.717, 1.165) is 6.42 Å². The van der Waals surface area contributed by atoms with Gasteiger partial charge < -0.3 is 0 Å². The molecule has 2 aromatic carbocycles. The summed E-state index contributed by atoms with van der Waals surface area (Å²) in [6.45, 7) is 6.83. The quantitative estimate of drug-likeness (QED) is 0.514. The Morgan fingerprint density at radius 1 is 0.941 bits per heavy atom. The summed E-state index contributed by atoms with van der Waals surface area (Å²) in [6, 6.07) is 15.1. The van der Waals surface area contributed by atoms with Crippen molar-refractivity contribution in [2.45, 2.75) is 26.1 Å². The van der Waals surface area contributed by atoms with Gasteiger partial charge in [-0.05, 0) is 16.3 Å². The molecule has 0 saturated heterocycles. The van der Waals surface area contributed by atoms with Crippen LogP contribution in [0.15, 0.2) is 42.5 Å². The van der Waals surface area contributed by atoms with Gasteiger partial charge in [-0.25, -0.2) is 0 Å². The van der Waals surface area contributed by atoms with Crippen molar-refractivity contribution in [3.8, 4) is 11.5 Å². The van der Waals surface area contributed by atoms with Gasteiger partial charge >= 0.3 is 0 Å². The average Bonchev–Trinajstić information content (AvgIpc) is 2.27. The second-order valence-corrected chi connectivity index (χ2v) is 10.2. The molecule has 86 valence electrons. The molecule has 0 heterocycles. The first-order valence-electron chi connectivity index (χ1n) is 6.02. The minimum absolute atomic E-state index is 0.870. The molecule has 0 N–H and O–H groups in total. The van der Waals surface area contributed by atoms with Gasteiger partial charge in [0.15, 0.2) is 0 Å². The predicted molar refractivity (Wildman–Crippen MR) is 78.8 cm³/mol. The molecule has 2 rings (SSSR count). The molecule has 0 radical (unpaired) electrons. The lowest BCUT2D eigenvalue weighted by Gasteiger charge is -2.04. The first-order chi connectivity index (χ1) is 8.04. The first-order valence-corrected chi connectivity index (χ1v) is 9.52. The molecule has 1 heteroatoms. The SMILES string of the molecule is C[Si](C)(C)C#CCc1ccc2ccccc2c1. The summed E-state index contributed by atoms with van der Waals surface area (Å²) in [6.07, 6.45) is 0.870. The largest absolute Gasteiger partial charge is 0.132 e. The van der Waals surface area contributed by atoms with Gasteiger partial charge in [0.1, 0.15) is 8.07 Å². The van der Waals surface area contributed by atoms with Gasteiger partial charge in [-0.1, -0.05) is 62.1 Å². The molecule has 0 nitrogen and oxygen atoms in total. The maximum Gasteiger partial charge on any atom is 0.129 e. The molecule has 0 fully saturated rings. The normalized spacial score (nSPS) is 11.0. The molecule has 0 amide bonds. The fourth-order valence-electron chi connectivity index (χ4n) is 1.76. The van der Waals surface area contributed by atoms with E-state index in [1.807, 2.05) is 0 Å². The number of rotatable bonds is 1. The van der Waals surface area contributed by atoms with Gasteiger partial charge in [0.25, 0.3) is 0 Å². The summed E-state index contributed by atoms with van der Waals surface area (Å²) in [5.41, 5.74) is 4.72. The van der Waals surface area contributed by atoms with E-state index < -0.39 is 8.07 Å². The zero-order chi connectivity index (χ0) is 12.3. The minimum Gasteiger partial charge on any atom is -0.132 e. The highest BCUT2D eigenvalue weighted by Crippen LogP contribution is 2.15. The fraction of sp³-hybridized carbons (Fsp3) is 0.250. The summed E-state index contributed by atoms with van der Waals surface area (Å²) in [7, 11) is -1.23. The van der Waals surface area contributed by atoms with E-state index in [1.54, 1.807) is 0 Å². The Hall–Kier alpha value is -1.52. The summed E-state index contributed by atoms with van der Waals surface area (Å²) in [5.74, 6) is 3.32. The van der Waals surface area contributed by atoms with Gasteiger partial charge in [0, 0.05) is 6.42 Å². The predicted octanol–water partition coefficient (Wildman–Crippen LogP) is 4.26. The summed E-state index contributed by atoms with van der Waals surface area (Å²) >= 11 is 0. The van der Waals surface area contributed by atoms with Crippen molar-refractivity contribution in [3.05, 3.63) is 48.0 Å². The third-order valence-corrected chi connectivity index (χ3v) is 3.50. The molecular formula is C16H18Si. The summed E-state index contributed by atoms with van der Waals surface area (Å²) in [5, 5.41) is 2.61. The van der Waals surface area contributed by atoms with E-state index in [1.165, 1.54) is 16.3 Å². The van der Waals surface area contributed by atoms with Crippen LogP contribution in [0.1, 0.15) is 5.56 Å². The topological polar surface area (TPSA) is 0 Å². The molecule has 0 atom stereocenters. The van der Waals surface area contributed by atoms with Crippen molar-refractivity contribution in [2.24, 2.45) is 0 Å². The molecule has 0 saturated carbocycles. The Morgan fingerprint density at radius 2 is 1.65 bits per heavy atom. The average molecular weight is 238 g/mol. The second kappa shape index (κ2) is 4.77. The molecule has 0 spiro atoms. The van der Waals surface area contributed by atoms with Crippen molar-refractivity contribution in [3.63, 3.8) is 0 Å². The van der Waals surface area contributed by atoms with E-state index >= 15 is 0 Å². The van der Waals surface area contributed by atoms with Gasteiger partial charge in [0.05, 0.1) is 0 Å². The van der Waals surface area contributed by atoms with Crippen LogP contribution in [0.5, 0.6) is 0 Å². The monoisotopic (exact) mass is 238 g/mol. The van der Waals surface area contributed by atoms with Gasteiger partial charge in [-0.2, -0.15) is 0 Å². The van der Waals surface area contributed by atoms with Crippen molar-refractivity contribution in [1.29, 1.82) is 0 Å². The highest BCUT2D eigenvalue weighted by Gasteiger charge is 2.07. The molecule has 17 heavy (non-hydrogen) atoms. The maximum absolute atomic E-state index is 3.41.